The molecule has 0 fully saturated rings. The maximum atomic E-state index is 12.3. The lowest BCUT2D eigenvalue weighted by atomic mass is 9.86. The molecule has 0 spiro atoms. The summed E-state index contributed by atoms with van der Waals surface area (Å²) in [6, 6.07) is 3.42. The number of nitrogens with zero attached hydrogens (tertiary/aromatic N) is 4. The summed E-state index contributed by atoms with van der Waals surface area (Å²) >= 11 is 3.31. The van der Waals surface area contributed by atoms with Gasteiger partial charge in [-0.2, -0.15) is 28.8 Å². The van der Waals surface area contributed by atoms with Crippen LogP contribution in [0.25, 0.3) is 0 Å². The zero-order chi connectivity index (χ0) is 16.1. The fraction of sp³-hybridized carbons (Fsp3) is 0.615. The molecule has 0 saturated heterocycles. The lowest BCUT2D eigenvalue weighted by Crippen LogP contribution is -2.26. The maximum absolute atomic E-state index is 12.3. The smallest absolute Gasteiger partial charge is 0.269 e. The predicted molar refractivity (Wildman–Crippen MR) is 72.9 cm³/mol. The van der Waals surface area contributed by atoms with Gasteiger partial charge >= 0.3 is 6.18 Å². The largest absolute Gasteiger partial charge is 0.389 e. The van der Waals surface area contributed by atoms with Crippen molar-refractivity contribution in [3.63, 3.8) is 0 Å². The first-order valence-corrected chi connectivity index (χ1v) is 7.15. The minimum atomic E-state index is -4.39. The molecule has 0 saturated carbocycles. The Hall–Kier alpha value is -1.54. The minimum absolute atomic E-state index is 0.182. The van der Waals surface area contributed by atoms with Crippen LogP contribution in [0.15, 0.2) is 10.7 Å². The molecule has 1 aromatic heterocycles. The second kappa shape index (κ2) is 6.95. The first kappa shape index (κ1) is 17.5. The van der Waals surface area contributed by atoms with Crippen LogP contribution in [0.4, 0.5) is 13.2 Å². The van der Waals surface area contributed by atoms with E-state index >= 15 is 0 Å². The predicted octanol–water partition coefficient (Wildman–Crippen LogP) is 3.97. The van der Waals surface area contributed by atoms with Gasteiger partial charge in [-0.05, 0) is 28.8 Å². The van der Waals surface area contributed by atoms with Crippen molar-refractivity contribution in [3.8, 4) is 12.1 Å². The van der Waals surface area contributed by atoms with Crippen molar-refractivity contribution in [1.82, 2.24) is 9.78 Å². The highest BCUT2D eigenvalue weighted by molar-refractivity contribution is 9.10. The highest BCUT2D eigenvalue weighted by atomic mass is 79.9. The molecule has 1 aromatic rings. The van der Waals surface area contributed by atoms with Gasteiger partial charge < -0.3 is 0 Å². The molecule has 0 bridgehead atoms. The van der Waals surface area contributed by atoms with Crippen LogP contribution in [0.1, 0.15) is 31.9 Å². The topological polar surface area (TPSA) is 65.4 Å². The molecule has 1 rings (SSSR count). The quantitative estimate of drug-likeness (QED) is 0.768. The van der Waals surface area contributed by atoms with E-state index in [0.29, 0.717) is 6.42 Å². The van der Waals surface area contributed by atoms with Crippen LogP contribution < -0.4 is 0 Å². The van der Waals surface area contributed by atoms with E-state index in [1.807, 2.05) is 6.92 Å². The monoisotopic (exact) mass is 362 g/mol. The van der Waals surface area contributed by atoms with E-state index in [0.717, 1.165) is 16.6 Å². The van der Waals surface area contributed by atoms with Gasteiger partial charge in [0.25, 0.3) is 0 Å². The molecule has 0 atom stereocenters. The number of alkyl halides is 3. The summed E-state index contributed by atoms with van der Waals surface area (Å²) in [5.41, 5.74) is -0.970. The molecule has 114 valence electrons. The number of aromatic nitrogens is 2. The number of halogens is 4. The van der Waals surface area contributed by atoms with Crippen molar-refractivity contribution >= 4 is 15.9 Å². The molecule has 8 heteroatoms. The third-order valence-electron chi connectivity index (χ3n) is 2.97. The standard InChI is InChI=1S/C13H14BrF3N4/c1-2-3-11-10(14)6-21(20-11)9-12(7-18,8-19)4-5-13(15,16)17/h6H,2-5,9H2,1H3. The Labute approximate surface area is 129 Å². The molecule has 1 heterocycles. The lowest BCUT2D eigenvalue weighted by Gasteiger charge is -2.19. The fourth-order valence-electron chi connectivity index (χ4n) is 1.84. The first-order valence-electron chi connectivity index (χ1n) is 6.36. The summed E-state index contributed by atoms with van der Waals surface area (Å²) in [6.07, 6.45) is -2.96. The number of aryl methyl sites for hydroxylation is 1. The Bertz CT molecular complexity index is 551. The van der Waals surface area contributed by atoms with Crippen molar-refractivity contribution < 1.29 is 13.2 Å². The number of nitriles is 2. The molecule has 0 N–H and O–H groups in total. The van der Waals surface area contributed by atoms with Gasteiger partial charge in [0, 0.05) is 12.6 Å². The summed E-state index contributed by atoms with van der Waals surface area (Å²) < 4.78 is 39.0. The van der Waals surface area contributed by atoms with Crippen LogP contribution >= 0.6 is 15.9 Å². The Kier molecular flexibility index (Phi) is 5.79. The Balaban J connectivity index is 2.91. The van der Waals surface area contributed by atoms with Gasteiger partial charge in [0.2, 0.25) is 0 Å². The maximum Gasteiger partial charge on any atom is 0.389 e. The molecule has 0 aromatic carbocycles. The summed E-state index contributed by atoms with van der Waals surface area (Å²) in [7, 11) is 0. The van der Waals surface area contributed by atoms with E-state index < -0.39 is 24.4 Å². The van der Waals surface area contributed by atoms with Crippen LogP contribution in [-0.2, 0) is 13.0 Å². The van der Waals surface area contributed by atoms with Gasteiger partial charge in [0.05, 0.1) is 28.8 Å². The van der Waals surface area contributed by atoms with E-state index in [9.17, 15) is 13.2 Å². The third kappa shape index (κ3) is 5.05. The van der Waals surface area contributed by atoms with Crippen molar-refractivity contribution in [2.75, 3.05) is 0 Å². The number of hydrogen-bond donors (Lipinski definition) is 0. The van der Waals surface area contributed by atoms with Crippen molar-refractivity contribution in [3.05, 3.63) is 16.4 Å². The molecule has 0 radical (unpaired) electrons. The fourth-order valence-corrected chi connectivity index (χ4v) is 2.36. The van der Waals surface area contributed by atoms with Crippen molar-refractivity contribution in [2.24, 2.45) is 5.41 Å². The highest BCUT2D eigenvalue weighted by Gasteiger charge is 2.37. The SMILES string of the molecule is CCCc1nn(CC(C#N)(C#N)CCC(F)(F)F)cc1Br. The van der Waals surface area contributed by atoms with Crippen LogP contribution in [0.5, 0.6) is 0 Å². The van der Waals surface area contributed by atoms with E-state index in [1.165, 1.54) is 4.68 Å². The van der Waals surface area contributed by atoms with E-state index in [-0.39, 0.29) is 6.54 Å². The summed E-state index contributed by atoms with van der Waals surface area (Å²) in [5, 5.41) is 22.5. The Morgan fingerprint density at radius 3 is 2.38 bits per heavy atom. The zero-order valence-electron chi connectivity index (χ0n) is 11.4. The van der Waals surface area contributed by atoms with Crippen LogP contribution in [0.3, 0.4) is 0 Å². The normalized spacial score (nSPS) is 12.0. The van der Waals surface area contributed by atoms with Gasteiger partial charge in [-0.15, -0.1) is 0 Å². The second-order valence-electron chi connectivity index (χ2n) is 4.79. The molecule has 21 heavy (non-hydrogen) atoms. The van der Waals surface area contributed by atoms with Gasteiger partial charge in [0.15, 0.2) is 5.41 Å². The molecule has 4 nitrogen and oxygen atoms in total. The van der Waals surface area contributed by atoms with Crippen LogP contribution in [-0.4, -0.2) is 16.0 Å². The number of rotatable bonds is 6. The number of hydrogen-bond acceptors (Lipinski definition) is 3. The molecular formula is C13H14BrF3N4. The molecular weight excluding hydrogens is 349 g/mol. The Morgan fingerprint density at radius 2 is 1.90 bits per heavy atom. The van der Waals surface area contributed by atoms with Crippen LogP contribution in [0, 0.1) is 28.1 Å². The lowest BCUT2D eigenvalue weighted by molar-refractivity contribution is -0.138. The summed E-state index contributed by atoms with van der Waals surface area (Å²) in [6.45, 7) is 1.79. The van der Waals surface area contributed by atoms with Gasteiger partial charge in [0.1, 0.15) is 0 Å². The van der Waals surface area contributed by atoms with E-state index in [1.54, 1.807) is 18.3 Å². The molecule has 0 aliphatic carbocycles. The van der Waals surface area contributed by atoms with Gasteiger partial charge in [-0.1, -0.05) is 13.3 Å². The van der Waals surface area contributed by atoms with E-state index in [2.05, 4.69) is 21.0 Å². The average Bonchev–Trinajstić information content (AvgIpc) is 2.74. The molecule has 0 amide bonds. The summed E-state index contributed by atoms with van der Waals surface area (Å²) in [5.74, 6) is 0. The average molecular weight is 363 g/mol. The molecule has 0 aliphatic rings. The van der Waals surface area contributed by atoms with Crippen molar-refractivity contribution in [1.29, 1.82) is 10.5 Å². The molecule has 0 unspecified atom stereocenters. The highest BCUT2D eigenvalue weighted by Crippen LogP contribution is 2.32. The van der Waals surface area contributed by atoms with E-state index in [4.69, 9.17) is 10.5 Å². The van der Waals surface area contributed by atoms with Gasteiger partial charge in [-0.3, -0.25) is 4.68 Å². The minimum Gasteiger partial charge on any atom is -0.269 e. The van der Waals surface area contributed by atoms with Crippen molar-refractivity contribution in [2.45, 2.75) is 45.3 Å². The Morgan fingerprint density at radius 1 is 1.29 bits per heavy atom. The first-order chi connectivity index (χ1) is 9.75. The zero-order valence-corrected chi connectivity index (χ0v) is 13.0. The molecule has 0 aliphatic heterocycles. The van der Waals surface area contributed by atoms with Gasteiger partial charge in [-0.25, -0.2) is 0 Å². The van der Waals surface area contributed by atoms with Crippen LogP contribution in [0.2, 0.25) is 0 Å². The second-order valence-corrected chi connectivity index (χ2v) is 5.65. The third-order valence-corrected chi connectivity index (χ3v) is 3.63. The summed E-state index contributed by atoms with van der Waals surface area (Å²) in [4.78, 5) is 0.